The molecular weight excluding hydrogens is 194 g/mol. The minimum Gasteiger partial charge on any atom is -0.387 e. The van der Waals surface area contributed by atoms with Crippen LogP contribution in [0.1, 0.15) is 13.8 Å². The number of nitrogens with zero attached hydrogens (tertiary/aromatic N) is 2. The smallest absolute Gasteiger partial charge is 0.269 e. The van der Waals surface area contributed by atoms with Crippen molar-refractivity contribution in [2.75, 3.05) is 0 Å². The number of nitro groups is 1. The molecule has 80 valence electrons. The number of nitrogens with two attached hydrogens (primary N) is 1. The van der Waals surface area contributed by atoms with E-state index in [-0.39, 0.29) is 11.6 Å². The van der Waals surface area contributed by atoms with Gasteiger partial charge in [-0.3, -0.25) is 10.1 Å². The van der Waals surface area contributed by atoms with Gasteiger partial charge in [0.15, 0.2) is 0 Å². The number of non-ortho nitro benzene ring substituents is 1. The van der Waals surface area contributed by atoms with Crippen LogP contribution in [-0.4, -0.2) is 10.8 Å². The Morgan fingerprint density at radius 3 is 2.33 bits per heavy atom. The van der Waals surface area contributed by atoms with Gasteiger partial charge in [0.05, 0.1) is 10.6 Å². The highest BCUT2D eigenvalue weighted by molar-refractivity contribution is 5.84. The number of hydrogen-bond donors (Lipinski definition) is 1. The number of rotatable bonds is 3. The Labute approximate surface area is 87.8 Å². The van der Waals surface area contributed by atoms with E-state index in [4.69, 9.17) is 5.73 Å². The van der Waals surface area contributed by atoms with Gasteiger partial charge in [0.25, 0.3) is 5.69 Å². The van der Waals surface area contributed by atoms with Crippen LogP contribution < -0.4 is 5.73 Å². The Kier molecular flexibility index (Phi) is 3.38. The number of aliphatic imine (C=N–C) groups is 1. The fourth-order valence-electron chi connectivity index (χ4n) is 0.927. The molecule has 0 heterocycles. The van der Waals surface area contributed by atoms with Gasteiger partial charge in [-0.05, 0) is 12.1 Å². The average molecular weight is 207 g/mol. The highest BCUT2D eigenvalue weighted by Gasteiger charge is 2.04. The second-order valence-electron chi connectivity index (χ2n) is 3.46. The van der Waals surface area contributed by atoms with Gasteiger partial charge in [0, 0.05) is 18.1 Å². The lowest BCUT2D eigenvalue weighted by Crippen LogP contribution is -2.17. The lowest BCUT2D eigenvalue weighted by molar-refractivity contribution is -0.384. The van der Waals surface area contributed by atoms with E-state index in [0.717, 1.165) is 0 Å². The molecule has 0 bridgehead atoms. The van der Waals surface area contributed by atoms with Crippen LogP contribution >= 0.6 is 0 Å². The second kappa shape index (κ2) is 4.54. The Morgan fingerprint density at radius 1 is 1.40 bits per heavy atom. The number of nitro benzene ring substituents is 1. The van der Waals surface area contributed by atoms with E-state index in [1.807, 2.05) is 13.8 Å². The first-order valence-corrected chi connectivity index (χ1v) is 4.59. The third-order valence-corrected chi connectivity index (χ3v) is 1.91. The van der Waals surface area contributed by atoms with Crippen molar-refractivity contribution in [2.24, 2.45) is 16.6 Å². The maximum Gasteiger partial charge on any atom is 0.269 e. The van der Waals surface area contributed by atoms with Crippen LogP contribution in [0.5, 0.6) is 0 Å². The molecule has 0 aromatic heterocycles. The molecule has 0 spiro atoms. The van der Waals surface area contributed by atoms with Crippen LogP contribution in [0, 0.1) is 16.0 Å². The molecule has 0 saturated carbocycles. The van der Waals surface area contributed by atoms with Crippen LogP contribution in [0.2, 0.25) is 0 Å². The van der Waals surface area contributed by atoms with E-state index in [9.17, 15) is 10.1 Å². The minimum atomic E-state index is -0.445. The first kappa shape index (κ1) is 11.2. The van der Waals surface area contributed by atoms with Gasteiger partial charge in [-0.25, -0.2) is 4.99 Å². The Morgan fingerprint density at radius 2 is 1.93 bits per heavy atom. The molecule has 0 aliphatic carbocycles. The highest BCUT2D eigenvalue weighted by atomic mass is 16.6. The molecule has 0 atom stereocenters. The fraction of sp³-hybridized carbons (Fsp3) is 0.300. The predicted octanol–water partition coefficient (Wildman–Crippen LogP) is 2.24. The number of amidine groups is 1. The van der Waals surface area contributed by atoms with Gasteiger partial charge in [-0.15, -0.1) is 0 Å². The van der Waals surface area contributed by atoms with Gasteiger partial charge in [-0.2, -0.15) is 0 Å². The standard InChI is InChI=1S/C10H13N3O2/c1-7(2)10(11)12-8-3-5-9(6-4-8)13(14)15/h3-7H,1-2H3,(H2,11,12). The van der Waals surface area contributed by atoms with Crippen LogP contribution in [-0.2, 0) is 0 Å². The normalized spacial score (nSPS) is 11.8. The molecule has 0 unspecified atom stereocenters. The Hall–Kier alpha value is -1.91. The summed E-state index contributed by atoms with van der Waals surface area (Å²) in [6.45, 7) is 3.87. The molecule has 15 heavy (non-hydrogen) atoms. The van der Waals surface area contributed by atoms with Crippen molar-refractivity contribution < 1.29 is 4.92 Å². The van der Waals surface area contributed by atoms with Gasteiger partial charge in [0.1, 0.15) is 5.84 Å². The zero-order valence-corrected chi connectivity index (χ0v) is 8.68. The largest absolute Gasteiger partial charge is 0.387 e. The summed E-state index contributed by atoms with van der Waals surface area (Å²) >= 11 is 0. The zero-order chi connectivity index (χ0) is 11.4. The summed E-state index contributed by atoms with van der Waals surface area (Å²) in [5, 5.41) is 10.4. The van der Waals surface area contributed by atoms with Gasteiger partial charge in [0.2, 0.25) is 0 Å². The first-order valence-electron chi connectivity index (χ1n) is 4.59. The third-order valence-electron chi connectivity index (χ3n) is 1.91. The van der Waals surface area contributed by atoms with E-state index in [1.54, 1.807) is 12.1 Å². The van der Waals surface area contributed by atoms with Crippen LogP contribution in [0.4, 0.5) is 11.4 Å². The van der Waals surface area contributed by atoms with E-state index in [1.165, 1.54) is 12.1 Å². The summed E-state index contributed by atoms with van der Waals surface area (Å²) in [5.41, 5.74) is 6.35. The van der Waals surface area contributed by atoms with Crippen molar-refractivity contribution in [3.8, 4) is 0 Å². The van der Waals surface area contributed by atoms with Crippen molar-refractivity contribution in [3.05, 3.63) is 34.4 Å². The molecule has 5 nitrogen and oxygen atoms in total. The summed E-state index contributed by atoms with van der Waals surface area (Å²) in [6.07, 6.45) is 0. The SMILES string of the molecule is CC(C)C(N)=Nc1ccc([N+](=O)[O-])cc1. The van der Waals surface area contributed by atoms with E-state index >= 15 is 0 Å². The fourth-order valence-corrected chi connectivity index (χ4v) is 0.927. The molecule has 1 rings (SSSR count). The summed E-state index contributed by atoms with van der Waals surface area (Å²) in [6, 6.07) is 5.97. The molecule has 1 aromatic rings. The van der Waals surface area contributed by atoms with Crippen LogP contribution in [0.15, 0.2) is 29.3 Å². The summed E-state index contributed by atoms with van der Waals surface area (Å²) in [5.74, 6) is 0.684. The topological polar surface area (TPSA) is 81.5 Å². The van der Waals surface area contributed by atoms with Gasteiger partial charge in [-0.1, -0.05) is 13.8 Å². The Bertz CT molecular complexity index is 382. The molecule has 0 radical (unpaired) electrons. The highest BCUT2D eigenvalue weighted by Crippen LogP contribution is 2.18. The van der Waals surface area contributed by atoms with E-state index in [2.05, 4.69) is 4.99 Å². The van der Waals surface area contributed by atoms with Crippen molar-refractivity contribution in [1.82, 2.24) is 0 Å². The lowest BCUT2D eigenvalue weighted by Gasteiger charge is -2.03. The zero-order valence-electron chi connectivity index (χ0n) is 8.68. The molecule has 2 N–H and O–H groups in total. The third kappa shape index (κ3) is 3.05. The lowest BCUT2D eigenvalue weighted by atomic mass is 10.2. The average Bonchev–Trinajstić information content (AvgIpc) is 2.18. The van der Waals surface area contributed by atoms with Crippen molar-refractivity contribution in [1.29, 1.82) is 0 Å². The second-order valence-corrected chi connectivity index (χ2v) is 3.46. The monoisotopic (exact) mass is 207 g/mol. The van der Waals surface area contributed by atoms with E-state index < -0.39 is 4.92 Å². The van der Waals surface area contributed by atoms with Crippen molar-refractivity contribution >= 4 is 17.2 Å². The molecular formula is C10H13N3O2. The quantitative estimate of drug-likeness (QED) is 0.357. The first-order chi connectivity index (χ1) is 7.00. The molecule has 1 aromatic carbocycles. The summed E-state index contributed by atoms with van der Waals surface area (Å²) in [4.78, 5) is 14.1. The molecule has 0 aliphatic rings. The van der Waals surface area contributed by atoms with Crippen LogP contribution in [0.3, 0.4) is 0 Å². The summed E-state index contributed by atoms with van der Waals surface area (Å²) < 4.78 is 0. The number of benzene rings is 1. The molecule has 0 fully saturated rings. The molecule has 0 saturated heterocycles. The molecule has 0 amide bonds. The summed E-state index contributed by atoms with van der Waals surface area (Å²) in [7, 11) is 0. The van der Waals surface area contributed by atoms with Crippen molar-refractivity contribution in [3.63, 3.8) is 0 Å². The van der Waals surface area contributed by atoms with Crippen molar-refractivity contribution in [2.45, 2.75) is 13.8 Å². The minimum absolute atomic E-state index is 0.0528. The van der Waals surface area contributed by atoms with Gasteiger partial charge < -0.3 is 5.73 Å². The molecule has 5 heteroatoms. The Balaban J connectivity index is 2.90. The maximum absolute atomic E-state index is 10.4. The van der Waals surface area contributed by atoms with Gasteiger partial charge >= 0.3 is 0 Å². The van der Waals surface area contributed by atoms with E-state index in [0.29, 0.717) is 11.5 Å². The predicted molar refractivity (Wildman–Crippen MR) is 59.2 cm³/mol. The van der Waals surface area contributed by atoms with Crippen LogP contribution in [0.25, 0.3) is 0 Å². The maximum atomic E-state index is 10.4. The number of hydrogen-bond acceptors (Lipinski definition) is 3. The molecule has 0 aliphatic heterocycles.